The second-order valence-electron chi connectivity index (χ2n) is 23.5. The molecule has 1 amide bonds. The third-order valence-corrected chi connectivity index (χ3v) is 16.0. The second-order valence-corrected chi connectivity index (χ2v) is 23.5. The Morgan fingerprint density at radius 2 is 0.627 bits per heavy atom. The molecule has 0 aliphatic rings. The maximum atomic E-state index is 12.5. The molecule has 6 heteroatoms. The molecule has 0 aromatic carbocycles. The van der Waals surface area contributed by atoms with Gasteiger partial charge in [-0.2, -0.15) is 0 Å². The zero-order valence-electron chi connectivity index (χ0n) is 50.8. The number of hydrogen-bond acceptors (Lipinski definition) is 5. The van der Waals surface area contributed by atoms with Crippen LogP contribution in [0.5, 0.6) is 0 Å². The smallest absolute Gasteiger partial charge is 0.305 e. The highest BCUT2D eigenvalue weighted by atomic mass is 16.5. The maximum absolute atomic E-state index is 12.5. The normalized spacial score (nSPS) is 12.6. The van der Waals surface area contributed by atoms with E-state index < -0.39 is 12.1 Å². The van der Waals surface area contributed by atoms with Crippen molar-refractivity contribution in [2.75, 3.05) is 13.2 Å². The van der Waals surface area contributed by atoms with Gasteiger partial charge in [-0.1, -0.05) is 334 Å². The number of ether oxygens (including phenoxy) is 1. The largest absolute Gasteiger partial charge is 0.466 e. The van der Waals surface area contributed by atoms with Crippen molar-refractivity contribution in [1.29, 1.82) is 0 Å². The van der Waals surface area contributed by atoms with Crippen LogP contribution in [0.4, 0.5) is 0 Å². The van der Waals surface area contributed by atoms with Gasteiger partial charge in [-0.3, -0.25) is 9.59 Å². The average Bonchev–Trinajstić information content (AvgIpc) is 3.41. The Balaban J connectivity index is 3.44. The van der Waals surface area contributed by atoms with Crippen LogP contribution in [0.15, 0.2) is 24.3 Å². The number of allylic oxidation sites excluding steroid dienone is 3. The van der Waals surface area contributed by atoms with E-state index in [1.54, 1.807) is 6.08 Å². The Hall–Kier alpha value is -1.66. The first-order valence-corrected chi connectivity index (χ1v) is 34.1. The molecule has 0 heterocycles. The number of rotatable bonds is 64. The quantitative estimate of drug-likeness (QED) is 0.0320. The Kier molecular flexibility index (Phi) is 63.4. The van der Waals surface area contributed by atoms with Gasteiger partial charge >= 0.3 is 5.97 Å². The lowest BCUT2D eigenvalue weighted by atomic mass is 10.0. The van der Waals surface area contributed by atoms with Gasteiger partial charge in [-0.25, -0.2) is 0 Å². The van der Waals surface area contributed by atoms with Gasteiger partial charge in [-0.05, 0) is 57.8 Å². The fourth-order valence-electron chi connectivity index (χ4n) is 10.7. The van der Waals surface area contributed by atoms with Gasteiger partial charge in [0, 0.05) is 12.8 Å². The standard InChI is InChI=1S/C69H133NO5/c1-3-5-7-9-11-13-15-17-18-19-20-21-23-26-29-32-35-38-41-45-49-53-57-61-67(72)66(65-71)70-68(73)62-58-54-50-46-42-39-36-33-30-27-24-22-25-28-31-34-37-40-44-48-52-56-60-64-75-69(74)63-59-55-51-47-43-16-14-12-10-8-6-4-2/h27,30,57,61,66-67,71-72H,3-26,28-29,31-56,58-60,62-65H2,1-2H3,(H,70,73)/b30-27-,61-57+. The number of carbonyl (C=O) groups excluding carboxylic acids is 2. The molecule has 0 saturated carbocycles. The Morgan fingerprint density at radius 1 is 0.360 bits per heavy atom. The minimum atomic E-state index is -0.849. The lowest BCUT2D eigenvalue weighted by molar-refractivity contribution is -0.143. The molecular weight excluding hydrogens is 923 g/mol. The van der Waals surface area contributed by atoms with Crippen molar-refractivity contribution < 1.29 is 24.5 Å². The average molecular weight is 1060 g/mol. The molecule has 0 bridgehead atoms. The van der Waals surface area contributed by atoms with Crippen LogP contribution >= 0.6 is 0 Å². The number of aliphatic hydroxyl groups excluding tert-OH is 2. The summed E-state index contributed by atoms with van der Waals surface area (Å²) in [5, 5.41) is 23.2. The van der Waals surface area contributed by atoms with Gasteiger partial charge in [0.2, 0.25) is 5.91 Å². The predicted octanol–water partition coefficient (Wildman–Crippen LogP) is 21.8. The van der Waals surface area contributed by atoms with Crippen LogP contribution in [-0.4, -0.2) is 47.4 Å². The van der Waals surface area contributed by atoms with Crippen molar-refractivity contribution in [2.45, 2.75) is 392 Å². The third-order valence-electron chi connectivity index (χ3n) is 16.0. The summed E-state index contributed by atoms with van der Waals surface area (Å²) in [7, 11) is 0. The van der Waals surface area contributed by atoms with Crippen molar-refractivity contribution >= 4 is 11.9 Å². The summed E-state index contributed by atoms with van der Waals surface area (Å²) >= 11 is 0. The van der Waals surface area contributed by atoms with Crippen LogP contribution in [0.2, 0.25) is 0 Å². The van der Waals surface area contributed by atoms with Crippen molar-refractivity contribution in [3.63, 3.8) is 0 Å². The molecule has 0 aliphatic carbocycles. The molecule has 75 heavy (non-hydrogen) atoms. The van der Waals surface area contributed by atoms with Gasteiger partial charge in [0.25, 0.3) is 0 Å². The SMILES string of the molecule is CCCCCCCCCCCCCCCCCCCCCCC/C=C/C(O)C(CO)NC(=O)CCCCCCCCC/C=C\CCCCCCCCCCCCCCOC(=O)CCCCCCCCCCCCCC. The molecule has 2 atom stereocenters. The number of hydrogen-bond donors (Lipinski definition) is 3. The molecule has 0 saturated heterocycles. The zero-order valence-corrected chi connectivity index (χ0v) is 50.8. The molecule has 3 N–H and O–H groups in total. The summed E-state index contributed by atoms with van der Waals surface area (Å²) in [5.41, 5.74) is 0. The predicted molar refractivity (Wildman–Crippen MR) is 329 cm³/mol. The Labute approximate surface area is 469 Å². The van der Waals surface area contributed by atoms with Crippen LogP contribution in [0.3, 0.4) is 0 Å². The van der Waals surface area contributed by atoms with Gasteiger partial charge < -0.3 is 20.3 Å². The molecule has 6 nitrogen and oxygen atoms in total. The number of unbranched alkanes of at least 4 members (excludes halogenated alkanes) is 51. The van der Waals surface area contributed by atoms with Crippen LogP contribution in [0, 0.1) is 0 Å². The lowest BCUT2D eigenvalue weighted by Gasteiger charge is -2.20. The van der Waals surface area contributed by atoms with E-state index in [0.717, 1.165) is 44.9 Å². The number of carbonyl (C=O) groups is 2. The van der Waals surface area contributed by atoms with Gasteiger partial charge in [0.15, 0.2) is 0 Å². The molecule has 444 valence electrons. The summed E-state index contributed by atoms with van der Waals surface area (Å²) in [6.45, 7) is 4.93. The van der Waals surface area contributed by atoms with E-state index >= 15 is 0 Å². The van der Waals surface area contributed by atoms with E-state index in [1.165, 1.54) is 308 Å². The second kappa shape index (κ2) is 64.9. The monoisotopic (exact) mass is 1060 g/mol. The summed E-state index contributed by atoms with van der Waals surface area (Å²) in [5.74, 6) is -0.0579. The third kappa shape index (κ3) is 61.4. The van der Waals surface area contributed by atoms with Crippen molar-refractivity contribution in [1.82, 2.24) is 5.32 Å². The first-order chi connectivity index (χ1) is 37.0. The molecule has 0 radical (unpaired) electrons. The molecular formula is C69H133NO5. The molecule has 0 spiro atoms. The molecule has 0 rings (SSSR count). The summed E-state index contributed by atoms with van der Waals surface area (Å²) in [6.07, 6.45) is 81.0. The van der Waals surface area contributed by atoms with Crippen molar-refractivity contribution in [3.8, 4) is 0 Å². The van der Waals surface area contributed by atoms with E-state index in [2.05, 4.69) is 31.3 Å². The highest BCUT2D eigenvalue weighted by molar-refractivity contribution is 5.76. The van der Waals surface area contributed by atoms with Crippen molar-refractivity contribution in [2.24, 2.45) is 0 Å². The lowest BCUT2D eigenvalue weighted by Crippen LogP contribution is -2.45. The maximum Gasteiger partial charge on any atom is 0.305 e. The van der Waals surface area contributed by atoms with Crippen LogP contribution in [-0.2, 0) is 14.3 Å². The summed E-state index contributed by atoms with van der Waals surface area (Å²) < 4.78 is 5.48. The zero-order chi connectivity index (χ0) is 54.3. The minimum absolute atomic E-state index is 0.0123. The Morgan fingerprint density at radius 3 is 0.947 bits per heavy atom. The number of nitrogens with one attached hydrogen (secondary N) is 1. The number of amides is 1. The van der Waals surface area contributed by atoms with Crippen LogP contribution in [0.1, 0.15) is 380 Å². The first kappa shape index (κ1) is 73.3. The van der Waals surface area contributed by atoms with E-state index in [4.69, 9.17) is 4.74 Å². The van der Waals surface area contributed by atoms with Crippen molar-refractivity contribution in [3.05, 3.63) is 24.3 Å². The summed E-state index contributed by atoms with van der Waals surface area (Å²) in [4.78, 5) is 24.5. The highest BCUT2D eigenvalue weighted by Gasteiger charge is 2.18. The fourth-order valence-corrected chi connectivity index (χ4v) is 10.7. The van der Waals surface area contributed by atoms with E-state index in [1.807, 2.05) is 6.08 Å². The van der Waals surface area contributed by atoms with E-state index in [9.17, 15) is 19.8 Å². The topological polar surface area (TPSA) is 95.9 Å². The van der Waals surface area contributed by atoms with Crippen LogP contribution in [0.25, 0.3) is 0 Å². The van der Waals surface area contributed by atoms with Gasteiger partial charge in [0.1, 0.15) is 0 Å². The summed E-state index contributed by atoms with van der Waals surface area (Å²) in [6, 6.07) is -0.633. The Bertz CT molecular complexity index is 1170. The van der Waals surface area contributed by atoms with Crippen LogP contribution < -0.4 is 5.32 Å². The minimum Gasteiger partial charge on any atom is -0.466 e. The first-order valence-electron chi connectivity index (χ1n) is 34.1. The van der Waals surface area contributed by atoms with E-state index in [0.29, 0.717) is 19.4 Å². The highest BCUT2D eigenvalue weighted by Crippen LogP contribution is 2.18. The van der Waals surface area contributed by atoms with E-state index in [-0.39, 0.29) is 18.5 Å². The number of esters is 1. The fraction of sp³-hybridized carbons (Fsp3) is 0.913. The number of aliphatic hydroxyl groups is 2. The molecule has 0 aromatic rings. The van der Waals surface area contributed by atoms with Gasteiger partial charge in [0.05, 0.1) is 25.4 Å². The molecule has 0 aromatic heterocycles. The molecule has 2 unspecified atom stereocenters. The van der Waals surface area contributed by atoms with Gasteiger partial charge in [-0.15, -0.1) is 0 Å². The molecule has 0 aliphatic heterocycles. The molecule has 0 fully saturated rings.